The summed E-state index contributed by atoms with van der Waals surface area (Å²) in [5, 5.41) is 12.7. The van der Waals surface area contributed by atoms with Crippen molar-refractivity contribution < 1.29 is 4.79 Å². The molecular weight excluding hydrogens is 331 g/mol. The number of benzene rings is 2. The Morgan fingerprint density at radius 3 is 2.52 bits per heavy atom. The van der Waals surface area contributed by atoms with Crippen LogP contribution in [0.4, 0.5) is 0 Å². The normalized spacial score (nSPS) is 12.3. The van der Waals surface area contributed by atoms with Crippen LogP contribution < -0.4 is 5.32 Å². The van der Waals surface area contributed by atoms with Crippen LogP contribution in [0, 0.1) is 11.3 Å². The van der Waals surface area contributed by atoms with Crippen LogP contribution in [0.25, 0.3) is 6.08 Å². The third-order valence-electron chi connectivity index (χ3n) is 3.29. The summed E-state index contributed by atoms with van der Waals surface area (Å²) < 4.78 is 0. The third kappa shape index (κ3) is 4.35. The minimum Gasteiger partial charge on any atom is -0.345 e. The molecule has 1 amide bonds. The van der Waals surface area contributed by atoms with Crippen molar-refractivity contribution in [2.45, 2.75) is 13.0 Å². The summed E-state index contributed by atoms with van der Waals surface area (Å²) in [6.07, 6.45) is 1.43. The van der Waals surface area contributed by atoms with Crippen molar-refractivity contribution in [3.05, 3.63) is 75.3 Å². The highest BCUT2D eigenvalue weighted by atomic mass is 35.5. The fraction of sp³-hybridized carbons (Fsp3) is 0.111. The number of hydrogen-bond donors (Lipinski definition) is 1. The quantitative estimate of drug-likeness (QED) is 0.641. The van der Waals surface area contributed by atoms with Crippen molar-refractivity contribution in [2.24, 2.45) is 0 Å². The van der Waals surface area contributed by atoms with Gasteiger partial charge >= 0.3 is 0 Å². The first kappa shape index (κ1) is 17.1. The molecule has 0 aliphatic heterocycles. The Bertz CT molecular complexity index is 779. The zero-order valence-corrected chi connectivity index (χ0v) is 13.9. The zero-order valence-electron chi connectivity index (χ0n) is 12.4. The molecule has 0 unspecified atom stereocenters. The molecular formula is C18H14Cl2N2O. The second kappa shape index (κ2) is 7.82. The third-order valence-corrected chi connectivity index (χ3v) is 4.13. The van der Waals surface area contributed by atoms with Gasteiger partial charge in [-0.1, -0.05) is 65.7 Å². The van der Waals surface area contributed by atoms with Crippen LogP contribution in [0.3, 0.4) is 0 Å². The molecule has 0 spiro atoms. The number of nitrogens with one attached hydrogen (secondary N) is 1. The van der Waals surface area contributed by atoms with Crippen LogP contribution >= 0.6 is 23.2 Å². The molecule has 23 heavy (non-hydrogen) atoms. The van der Waals surface area contributed by atoms with Gasteiger partial charge in [-0.15, -0.1) is 0 Å². The number of halogens is 2. The number of nitrogens with zero attached hydrogens (tertiary/aromatic N) is 1. The smallest absolute Gasteiger partial charge is 0.262 e. The first-order chi connectivity index (χ1) is 11.0. The lowest BCUT2D eigenvalue weighted by Crippen LogP contribution is -2.27. The Kier molecular flexibility index (Phi) is 5.81. The van der Waals surface area contributed by atoms with Gasteiger partial charge in [0.15, 0.2) is 0 Å². The molecule has 5 heteroatoms. The first-order valence-corrected chi connectivity index (χ1v) is 7.70. The molecule has 0 saturated carbocycles. The number of amides is 1. The summed E-state index contributed by atoms with van der Waals surface area (Å²) in [4.78, 5) is 12.3. The van der Waals surface area contributed by atoms with Gasteiger partial charge in [0.25, 0.3) is 5.91 Å². The summed E-state index contributed by atoms with van der Waals surface area (Å²) in [6, 6.07) is 16.2. The lowest BCUT2D eigenvalue weighted by molar-refractivity contribution is -0.117. The van der Waals surface area contributed by atoms with Crippen molar-refractivity contribution in [3.8, 4) is 6.07 Å². The van der Waals surface area contributed by atoms with E-state index < -0.39 is 5.91 Å². The van der Waals surface area contributed by atoms with Crippen LogP contribution in [-0.4, -0.2) is 5.91 Å². The highest BCUT2D eigenvalue weighted by Crippen LogP contribution is 2.27. The maximum Gasteiger partial charge on any atom is 0.262 e. The minimum absolute atomic E-state index is 0.0306. The van der Waals surface area contributed by atoms with Gasteiger partial charge in [0.05, 0.1) is 16.1 Å². The number of rotatable bonds is 4. The molecule has 0 bridgehead atoms. The van der Waals surface area contributed by atoms with Gasteiger partial charge in [-0.25, -0.2) is 0 Å². The lowest BCUT2D eigenvalue weighted by atomic mass is 10.1. The monoisotopic (exact) mass is 344 g/mol. The van der Waals surface area contributed by atoms with Crippen molar-refractivity contribution >= 4 is 35.2 Å². The average molecular weight is 345 g/mol. The predicted molar refractivity (Wildman–Crippen MR) is 93.1 cm³/mol. The van der Waals surface area contributed by atoms with Gasteiger partial charge in [0.2, 0.25) is 0 Å². The fourth-order valence-corrected chi connectivity index (χ4v) is 2.40. The molecule has 2 rings (SSSR count). The zero-order chi connectivity index (χ0) is 16.8. The van der Waals surface area contributed by atoms with Gasteiger partial charge < -0.3 is 5.32 Å². The van der Waals surface area contributed by atoms with E-state index in [0.29, 0.717) is 15.6 Å². The summed E-state index contributed by atoms with van der Waals surface area (Å²) in [5.41, 5.74) is 1.45. The van der Waals surface area contributed by atoms with Gasteiger partial charge in [-0.05, 0) is 30.2 Å². The van der Waals surface area contributed by atoms with Gasteiger partial charge in [0, 0.05) is 0 Å². The van der Waals surface area contributed by atoms with Gasteiger partial charge in [0.1, 0.15) is 11.6 Å². The van der Waals surface area contributed by atoms with E-state index in [4.69, 9.17) is 23.2 Å². The van der Waals surface area contributed by atoms with Crippen molar-refractivity contribution in [2.75, 3.05) is 0 Å². The van der Waals surface area contributed by atoms with Crippen molar-refractivity contribution in [1.29, 1.82) is 5.26 Å². The molecule has 2 aromatic carbocycles. The molecule has 1 N–H and O–H groups in total. The molecule has 0 aromatic heterocycles. The fourth-order valence-electron chi connectivity index (χ4n) is 2.04. The summed E-state index contributed by atoms with van der Waals surface area (Å²) in [5.74, 6) is -0.458. The molecule has 0 aliphatic carbocycles. The lowest BCUT2D eigenvalue weighted by Gasteiger charge is -2.13. The second-order valence-corrected chi connectivity index (χ2v) is 5.70. The molecule has 0 aliphatic rings. The van der Waals surface area contributed by atoms with Crippen LogP contribution in [0.15, 0.2) is 54.1 Å². The van der Waals surface area contributed by atoms with Crippen LogP contribution in [0.5, 0.6) is 0 Å². The number of carbonyl (C=O) groups is 1. The topological polar surface area (TPSA) is 52.9 Å². The molecule has 116 valence electrons. The summed E-state index contributed by atoms with van der Waals surface area (Å²) >= 11 is 12.0. The van der Waals surface area contributed by atoms with E-state index in [1.54, 1.807) is 18.2 Å². The summed E-state index contributed by atoms with van der Waals surface area (Å²) in [7, 11) is 0. The number of nitriles is 1. The standard InChI is InChI=1S/C18H14Cl2N2O/c1-12(13-6-3-2-4-7-13)22-18(23)15(11-21)10-14-8-5-9-16(19)17(14)20/h2-10,12H,1H3,(H,22,23)/b15-10+/t12-/m0/s1. The van der Waals surface area contributed by atoms with E-state index in [2.05, 4.69) is 5.32 Å². The Hall–Kier alpha value is -2.28. The largest absolute Gasteiger partial charge is 0.345 e. The number of carbonyl (C=O) groups excluding carboxylic acids is 1. The Morgan fingerprint density at radius 2 is 1.87 bits per heavy atom. The van der Waals surface area contributed by atoms with Crippen LogP contribution in [0.1, 0.15) is 24.1 Å². The maximum absolute atomic E-state index is 12.3. The molecule has 0 saturated heterocycles. The molecule has 1 atom stereocenters. The highest BCUT2D eigenvalue weighted by Gasteiger charge is 2.14. The highest BCUT2D eigenvalue weighted by molar-refractivity contribution is 6.43. The minimum atomic E-state index is -0.458. The van der Waals surface area contributed by atoms with Gasteiger partial charge in [-0.2, -0.15) is 5.26 Å². The predicted octanol–water partition coefficient (Wildman–Crippen LogP) is 4.78. The van der Waals surface area contributed by atoms with Crippen LogP contribution in [-0.2, 0) is 4.79 Å². The Labute approximate surface area is 145 Å². The number of hydrogen-bond acceptors (Lipinski definition) is 2. The van der Waals surface area contributed by atoms with E-state index in [1.165, 1.54) is 6.08 Å². The van der Waals surface area contributed by atoms with E-state index in [1.807, 2.05) is 43.3 Å². The molecule has 0 fully saturated rings. The van der Waals surface area contributed by atoms with Crippen molar-refractivity contribution in [3.63, 3.8) is 0 Å². The summed E-state index contributed by atoms with van der Waals surface area (Å²) in [6.45, 7) is 1.86. The average Bonchev–Trinajstić information content (AvgIpc) is 2.56. The maximum atomic E-state index is 12.3. The van der Waals surface area contributed by atoms with E-state index in [9.17, 15) is 10.1 Å². The molecule has 3 nitrogen and oxygen atoms in total. The van der Waals surface area contributed by atoms with E-state index >= 15 is 0 Å². The molecule has 0 radical (unpaired) electrons. The van der Waals surface area contributed by atoms with E-state index in [0.717, 1.165) is 5.56 Å². The van der Waals surface area contributed by atoms with Crippen LogP contribution in [0.2, 0.25) is 10.0 Å². The van der Waals surface area contributed by atoms with E-state index in [-0.39, 0.29) is 11.6 Å². The SMILES string of the molecule is C[C@H](NC(=O)/C(C#N)=C/c1cccc(Cl)c1Cl)c1ccccc1. The molecule has 0 heterocycles. The molecule has 2 aromatic rings. The Morgan fingerprint density at radius 1 is 1.17 bits per heavy atom. The van der Waals surface area contributed by atoms with Gasteiger partial charge in [-0.3, -0.25) is 4.79 Å². The Balaban J connectivity index is 2.21. The second-order valence-electron chi connectivity index (χ2n) is 4.92. The van der Waals surface area contributed by atoms with Crippen molar-refractivity contribution in [1.82, 2.24) is 5.32 Å². The first-order valence-electron chi connectivity index (χ1n) is 6.94.